The second kappa shape index (κ2) is 10.1. The molecule has 0 aromatic heterocycles. The van der Waals surface area contributed by atoms with Crippen LogP contribution in [-0.2, 0) is 14.3 Å². The van der Waals surface area contributed by atoms with Crippen LogP contribution in [0.2, 0.25) is 0 Å². The van der Waals surface area contributed by atoms with E-state index in [4.69, 9.17) is 9.47 Å². The van der Waals surface area contributed by atoms with E-state index in [0.29, 0.717) is 32.2 Å². The quantitative estimate of drug-likeness (QED) is 0.469. The Morgan fingerprint density at radius 2 is 1.73 bits per heavy atom. The number of esters is 1. The monoisotopic (exact) mass is 370 g/mol. The van der Waals surface area contributed by atoms with E-state index in [2.05, 4.69) is 12.2 Å². The molecule has 0 saturated carbocycles. The zero-order valence-electron chi connectivity index (χ0n) is 17.5. The first-order valence-electron chi connectivity index (χ1n) is 10.0. The van der Waals surface area contributed by atoms with Gasteiger partial charge in [0.05, 0.1) is 6.61 Å². The van der Waals surface area contributed by atoms with E-state index in [1.165, 1.54) is 12.8 Å². The Labute approximate surface area is 159 Å². The first-order chi connectivity index (χ1) is 12.1. The lowest BCUT2D eigenvalue weighted by atomic mass is 9.92. The number of hydrogen-bond donors (Lipinski definition) is 1. The molecule has 1 fully saturated rings. The van der Waals surface area contributed by atoms with Gasteiger partial charge < -0.3 is 19.7 Å². The molecule has 6 heteroatoms. The van der Waals surface area contributed by atoms with Crippen LogP contribution in [0.25, 0.3) is 0 Å². The van der Waals surface area contributed by atoms with E-state index < -0.39 is 11.1 Å². The Balaban J connectivity index is 2.45. The van der Waals surface area contributed by atoms with Gasteiger partial charge in [-0.15, -0.1) is 0 Å². The summed E-state index contributed by atoms with van der Waals surface area (Å²) in [5.41, 5.74) is -1.13. The highest BCUT2D eigenvalue weighted by atomic mass is 16.6. The Kier molecular flexibility index (Phi) is 8.87. The van der Waals surface area contributed by atoms with Crippen molar-refractivity contribution in [2.75, 3.05) is 26.2 Å². The maximum atomic E-state index is 12.4. The molecule has 1 N–H and O–H groups in total. The molecular formula is C20H38N2O4. The minimum Gasteiger partial charge on any atom is -0.465 e. The van der Waals surface area contributed by atoms with Gasteiger partial charge in [0.25, 0.3) is 0 Å². The lowest BCUT2D eigenvalue weighted by Crippen LogP contribution is -2.58. The Hall–Kier alpha value is -1.30. The number of carbonyl (C=O) groups is 2. The van der Waals surface area contributed by atoms with Gasteiger partial charge in [0.1, 0.15) is 11.1 Å². The van der Waals surface area contributed by atoms with Gasteiger partial charge in [0, 0.05) is 25.6 Å². The molecule has 0 aromatic carbocycles. The molecule has 1 heterocycles. The molecule has 6 nitrogen and oxygen atoms in total. The van der Waals surface area contributed by atoms with Gasteiger partial charge in [-0.1, -0.05) is 32.6 Å². The van der Waals surface area contributed by atoms with Gasteiger partial charge in [-0.25, -0.2) is 4.79 Å². The van der Waals surface area contributed by atoms with Gasteiger partial charge in [-0.3, -0.25) is 4.79 Å². The van der Waals surface area contributed by atoms with E-state index in [9.17, 15) is 9.59 Å². The number of unbranched alkanes of at least 4 members (excludes halogenated alkanes) is 3. The highest BCUT2D eigenvalue weighted by Gasteiger charge is 2.38. The molecule has 0 spiro atoms. The van der Waals surface area contributed by atoms with Crippen LogP contribution >= 0.6 is 0 Å². The topological polar surface area (TPSA) is 67.9 Å². The summed E-state index contributed by atoms with van der Waals surface area (Å²) in [6.07, 6.45) is 5.00. The van der Waals surface area contributed by atoms with E-state index in [1.807, 2.05) is 34.6 Å². The normalized spacial score (nSPS) is 17.4. The zero-order valence-corrected chi connectivity index (χ0v) is 17.5. The summed E-state index contributed by atoms with van der Waals surface area (Å²) >= 11 is 0. The van der Waals surface area contributed by atoms with E-state index in [1.54, 1.807) is 4.90 Å². The highest BCUT2D eigenvalue weighted by Crippen LogP contribution is 2.22. The number of hydrogen-bond acceptors (Lipinski definition) is 5. The molecule has 0 aliphatic carbocycles. The second-order valence-electron chi connectivity index (χ2n) is 8.50. The van der Waals surface area contributed by atoms with Crippen molar-refractivity contribution in [2.24, 2.45) is 5.92 Å². The summed E-state index contributed by atoms with van der Waals surface area (Å²) in [7, 11) is 0. The molecule has 1 atom stereocenters. The van der Waals surface area contributed by atoms with E-state index >= 15 is 0 Å². The van der Waals surface area contributed by atoms with Crippen molar-refractivity contribution in [3.63, 3.8) is 0 Å². The predicted molar refractivity (Wildman–Crippen MR) is 103 cm³/mol. The number of likely N-dealkylation sites (tertiary alicyclic amines) is 1. The smallest absolute Gasteiger partial charge is 0.410 e. The first kappa shape index (κ1) is 22.7. The largest absolute Gasteiger partial charge is 0.465 e. The number of nitrogens with zero attached hydrogens (tertiary/aromatic N) is 1. The summed E-state index contributed by atoms with van der Waals surface area (Å²) in [4.78, 5) is 26.1. The molecule has 0 bridgehead atoms. The fourth-order valence-corrected chi connectivity index (χ4v) is 3.00. The number of nitrogens with one attached hydrogen (secondary N) is 1. The minimum absolute atomic E-state index is 0.181. The second-order valence-corrected chi connectivity index (χ2v) is 8.50. The minimum atomic E-state index is -0.657. The van der Waals surface area contributed by atoms with Crippen molar-refractivity contribution in [1.29, 1.82) is 0 Å². The Bertz CT molecular complexity index is 455. The summed E-state index contributed by atoms with van der Waals surface area (Å²) in [5.74, 6) is 0.159. The summed E-state index contributed by atoms with van der Waals surface area (Å²) in [6.45, 7) is 14.0. The van der Waals surface area contributed by atoms with Gasteiger partial charge in [-0.05, 0) is 41.0 Å². The van der Waals surface area contributed by atoms with Gasteiger partial charge >= 0.3 is 12.1 Å². The number of carbonyl (C=O) groups excluding carboxylic acids is 2. The Morgan fingerprint density at radius 3 is 2.27 bits per heavy atom. The van der Waals surface area contributed by atoms with E-state index in [-0.39, 0.29) is 12.1 Å². The third-order valence-corrected chi connectivity index (χ3v) is 4.65. The molecule has 1 saturated heterocycles. The van der Waals surface area contributed by atoms with Gasteiger partial charge in [0.2, 0.25) is 0 Å². The van der Waals surface area contributed by atoms with Crippen LogP contribution in [0.5, 0.6) is 0 Å². The molecule has 26 heavy (non-hydrogen) atoms. The van der Waals surface area contributed by atoms with Crippen LogP contribution in [0.4, 0.5) is 4.79 Å². The van der Waals surface area contributed by atoms with Crippen LogP contribution < -0.4 is 5.32 Å². The third-order valence-electron chi connectivity index (χ3n) is 4.65. The van der Waals surface area contributed by atoms with Crippen LogP contribution in [0.3, 0.4) is 0 Å². The SMILES string of the molecule is CCCCCC[C@](C)(NCC1CN(C(=O)OC(C)(C)C)C1)C(=O)OCC. The number of ether oxygens (including phenoxy) is 2. The fourth-order valence-electron chi connectivity index (χ4n) is 3.00. The lowest BCUT2D eigenvalue weighted by Gasteiger charge is -2.41. The van der Waals surface area contributed by atoms with Crippen LogP contribution in [0.1, 0.15) is 73.6 Å². The van der Waals surface area contributed by atoms with E-state index in [0.717, 1.165) is 19.3 Å². The lowest BCUT2D eigenvalue weighted by molar-refractivity contribution is -0.151. The highest BCUT2D eigenvalue weighted by molar-refractivity contribution is 5.80. The molecule has 0 radical (unpaired) electrons. The molecule has 152 valence electrons. The van der Waals surface area contributed by atoms with Crippen LogP contribution in [0, 0.1) is 5.92 Å². The number of rotatable bonds is 10. The fraction of sp³-hybridized carbons (Fsp3) is 0.900. The average molecular weight is 371 g/mol. The summed E-state index contributed by atoms with van der Waals surface area (Å²) < 4.78 is 10.7. The van der Waals surface area contributed by atoms with Crippen LogP contribution in [-0.4, -0.2) is 54.3 Å². The molecular weight excluding hydrogens is 332 g/mol. The molecule has 0 unspecified atom stereocenters. The summed E-state index contributed by atoms with van der Waals surface area (Å²) in [5, 5.41) is 3.41. The van der Waals surface area contributed by atoms with Crippen molar-refractivity contribution in [3.05, 3.63) is 0 Å². The number of amides is 1. The maximum Gasteiger partial charge on any atom is 0.410 e. The maximum absolute atomic E-state index is 12.4. The standard InChI is InChI=1S/C20H38N2O4/c1-7-9-10-11-12-20(6,17(23)25-8-2)21-13-16-14-22(15-16)18(24)26-19(3,4)5/h16,21H,7-15H2,1-6H3/t20-/m0/s1. The van der Waals surface area contributed by atoms with Gasteiger partial charge in [-0.2, -0.15) is 0 Å². The van der Waals surface area contributed by atoms with Crippen molar-refractivity contribution in [1.82, 2.24) is 10.2 Å². The summed E-state index contributed by atoms with van der Waals surface area (Å²) in [6, 6.07) is 0. The molecule has 1 aliphatic rings. The van der Waals surface area contributed by atoms with Gasteiger partial charge in [0.15, 0.2) is 0 Å². The van der Waals surface area contributed by atoms with Crippen molar-refractivity contribution >= 4 is 12.1 Å². The van der Waals surface area contributed by atoms with Crippen molar-refractivity contribution in [3.8, 4) is 0 Å². The first-order valence-corrected chi connectivity index (χ1v) is 10.0. The zero-order chi connectivity index (χ0) is 19.8. The molecule has 1 amide bonds. The van der Waals surface area contributed by atoms with Crippen molar-refractivity contribution < 1.29 is 19.1 Å². The third kappa shape index (κ3) is 7.52. The Morgan fingerprint density at radius 1 is 1.08 bits per heavy atom. The molecule has 1 aliphatic heterocycles. The predicted octanol–water partition coefficient (Wildman–Crippen LogP) is 3.74. The molecule has 1 rings (SSSR count). The van der Waals surface area contributed by atoms with Crippen molar-refractivity contribution in [2.45, 2.75) is 84.8 Å². The van der Waals surface area contributed by atoms with Crippen LogP contribution in [0.15, 0.2) is 0 Å². The average Bonchev–Trinajstić information content (AvgIpc) is 2.48. The molecule has 0 aromatic rings.